The molecule has 5 rings (SSSR count). The summed E-state index contributed by atoms with van der Waals surface area (Å²) in [6.45, 7) is 9.34. The molecule has 0 bridgehead atoms. The molecule has 0 aliphatic carbocycles. The predicted molar refractivity (Wildman–Crippen MR) is 190 cm³/mol. The minimum Gasteiger partial charge on any atom is -0.478 e. The summed E-state index contributed by atoms with van der Waals surface area (Å²) < 4.78 is 29.3. The topological polar surface area (TPSA) is 214 Å². The number of aliphatic carboxylic acids is 1. The molecule has 1 aliphatic rings. The van der Waals surface area contributed by atoms with Crippen molar-refractivity contribution in [2.75, 3.05) is 13.2 Å². The number of nitrogens with one attached hydrogen (secondary N) is 1. The molecule has 4 aromatic rings. The van der Waals surface area contributed by atoms with Gasteiger partial charge in [-0.1, -0.05) is 43.6 Å². The first-order chi connectivity index (χ1) is 24.1. The Kier molecular flexibility index (Phi) is 18.9. The second-order valence-corrected chi connectivity index (χ2v) is 11.4. The first-order valence-corrected chi connectivity index (χ1v) is 15.7. The number of pyridine rings is 2. The van der Waals surface area contributed by atoms with Gasteiger partial charge in [0.1, 0.15) is 6.61 Å². The maximum atomic E-state index is 13.7. The van der Waals surface area contributed by atoms with Crippen LogP contribution < -0.4 is 11.2 Å². The number of hydrogen-bond acceptors (Lipinski definition) is 12. The van der Waals surface area contributed by atoms with Crippen LogP contribution in [0, 0.1) is 12.7 Å². The third-order valence-electron chi connectivity index (χ3n) is 6.83. The van der Waals surface area contributed by atoms with Gasteiger partial charge in [0.25, 0.3) is 5.56 Å². The van der Waals surface area contributed by atoms with Gasteiger partial charge < -0.3 is 19.3 Å². The molecule has 1 aliphatic heterocycles. The zero-order chi connectivity index (χ0) is 38.2. The highest BCUT2D eigenvalue weighted by atomic mass is 35.5. The van der Waals surface area contributed by atoms with Crippen molar-refractivity contribution in [3.63, 3.8) is 0 Å². The number of fused-ring (bicyclic) bond motifs is 1. The fourth-order valence-electron chi connectivity index (χ4n) is 4.51. The van der Waals surface area contributed by atoms with Crippen molar-refractivity contribution in [2.24, 2.45) is 0 Å². The molecule has 1 fully saturated rings. The number of aromatic nitrogens is 4. The van der Waals surface area contributed by atoms with E-state index in [-0.39, 0.29) is 33.0 Å². The number of benzene rings is 1. The second-order valence-electron chi connectivity index (χ2n) is 11.1. The normalized spacial score (nSPS) is 13.3. The number of carbonyl (C=O) groups excluding carboxylic acids is 4. The van der Waals surface area contributed by atoms with Gasteiger partial charge in [-0.3, -0.25) is 19.6 Å². The second kappa shape index (κ2) is 21.9. The largest absolute Gasteiger partial charge is 0.478 e. The molecule has 280 valence electrons. The first kappa shape index (κ1) is 44.9. The van der Waals surface area contributed by atoms with Gasteiger partial charge in [0.2, 0.25) is 6.10 Å². The lowest BCUT2D eigenvalue weighted by Gasteiger charge is -2.17. The van der Waals surface area contributed by atoms with Crippen LogP contribution >= 0.6 is 21.5 Å². The Labute approximate surface area is 305 Å². The quantitative estimate of drug-likeness (QED) is 0.153. The van der Waals surface area contributed by atoms with E-state index in [0.717, 1.165) is 25.2 Å². The lowest BCUT2D eigenvalue weighted by molar-refractivity contribution is -0.191. The summed E-state index contributed by atoms with van der Waals surface area (Å²) >= 11 is 5.76. The van der Waals surface area contributed by atoms with Crippen LogP contribution in [0.15, 0.2) is 58.3 Å². The summed E-state index contributed by atoms with van der Waals surface area (Å²) in [5, 5.41) is 8.27. The molecule has 3 aromatic heterocycles. The monoisotopic (exact) mass is 764 g/mol. The summed E-state index contributed by atoms with van der Waals surface area (Å²) in [7, 11) is 0. The van der Waals surface area contributed by atoms with Crippen LogP contribution in [0.5, 0.6) is 0 Å². The van der Waals surface area contributed by atoms with Crippen LogP contribution in [-0.4, -0.2) is 74.1 Å². The average Bonchev–Trinajstić information content (AvgIpc) is 3.56. The molecule has 2 unspecified atom stereocenters. The molecular formula is C34H39ClFN4O11P. The van der Waals surface area contributed by atoms with Gasteiger partial charge in [-0.05, 0) is 62.4 Å². The molecule has 15 nitrogen and oxygen atoms in total. The molecule has 1 saturated heterocycles. The minimum atomic E-state index is -1.49. The molecule has 1 aromatic carbocycles. The molecule has 18 heteroatoms. The van der Waals surface area contributed by atoms with E-state index in [0.29, 0.717) is 23.0 Å². The predicted octanol–water partition coefficient (Wildman–Crippen LogP) is 4.21. The van der Waals surface area contributed by atoms with E-state index in [9.17, 15) is 28.4 Å². The Hall–Kier alpha value is -5.14. The highest BCUT2D eigenvalue weighted by molar-refractivity contribution is 6.92. The fourth-order valence-corrected chi connectivity index (χ4v) is 4.64. The van der Waals surface area contributed by atoms with E-state index >= 15 is 0 Å². The summed E-state index contributed by atoms with van der Waals surface area (Å²) in [5.41, 5.74) is 0.827. The number of carbonyl (C=O) groups is 3. The molecular weight excluding hydrogens is 726 g/mol. The number of nitrogens with zero attached hydrogens (tertiary/aromatic N) is 3. The Morgan fingerprint density at radius 2 is 1.81 bits per heavy atom. The number of halogens is 2. The summed E-state index contributed by atoms with van der Waals surface area (Å²) in [4.78, 5) is 84.1. The Bertz CT molecular complexity index is 1980. The van der Waals surface area contributed by atoms with Crippen LogP contribution in [0.4, 0.5) is 4.39 Å². The van der Waals surface area contributed by atoms with Crippen molar-refractivity contribution in [1.29, 1.82) is 0 Å². The average molecular weight is 765 g/mol. The van der Waals surface area contributed by atoms with Gasteiger partial charge in [0.05, 0.1) is 28.4 Å². The zero-order valence-corrected chi connectivity index (χ0v) is 31.2. The number of aromatic amines is 1. The number of hydrogen-bond donors (Lipinski definition) is 2. The SMILES string of the molecule is CC(=O)O[C@H](COC(=O)c1ccccc1)C(=O)O.CC1CCCO1.Cc1ccnc(C(C)C)c1-n1c(=O)[nH]c(=O)c2cc(F)c(Cl)nc21.O=C=O.P. The van der Waals surface area contributed by atoms with Gasteiger partial charge in [-0.15, -0.1) is 0 Å². The van der Waals surface area contributed by atoms with Crippen molar-refractivity contribution in [1.82, 2.24) is 19.5 Å². The number of H-pyrrole nitrogens is 1. The van der Waals surface area contributed by atoms with Crippen LogP contribution in [0.1, 0.15) is 68.1 Å². The number of rotatable bonds is 7. The fraction of sp³-hybridized carbons (Fsp3) is 0.353. The number of esters is 2. The minimum absolute atomic E-state index is 0. The Balaban J connectivity index is 0.000000424. The first-order valence-electron chi connectivity index (χ1n) is 15.3. The van der Waals surface area contributed by atoms with Gasteiger partial charge >= 0.3 is 29.7 Å². The van der Waals surface area contributed by atoms with E-state index in [2.05, 4.69) is 26.6 Å². The molecule has 0 amide bonds. The van der Waals surface area contributed by atoms with E-state index in [1.54, 1.807) is 30.5 Å². The zero-order valence-electron chi connectivity index (χ0n) is 29.0. The van der Waals surface area contributed by atoms with Crippen molar-refractivity contribution >= 4 is 56.6 Å². The molecule has 2 N–H and O–H groups in total. The molecule has 0 saturated carbocycles. The molecule has 52 heavy (non-hydrogen) atoms. The smallest absolute Gasteiger partial charge is 0.373 e. The molecule has 3 atom stereocenters. The standard InChI is InChI=1S/C16H14ClFN4O2.C12H12O6.C5H10O.CO2.H3P/c1-7(2)11-12(8(3)4-5-19-11)22-14-9(15(23)21-16(22)24)6-10(18)13(17)20-14;1-8(13)18-10(11(14)15)7-17-12(16)9-5-3-2-4-6-9;1-5-3-2-4-6-5;2-1-3;/h4-7H,1-3H3,(H,21,23,24);2-6,10H,7H2,1H3,(H,14,15);5H,2-4H2,1H3;;1H3/t;10-;;;/m.1.../s1. The third kappa shape index (κ3) is 13.2. The van der Waals surface area contributed by atoms with Crippen molar-refractivity contribution in [3.8, 4) is 5.69 Å². The third-order valence-corrected chi connectivity index (χ3v) is 7.10. The maximum absolute atomic E-state index is 13.7. The maximum Gasteiger partial charge on any atom is 0.373 e. The van der Waals surface area contributed by atoms with E-state index in [1.165, 1.54) is 29.5 Å². The van der Waals surface area contributed by atoms with Gasteiger partial charge in [0.15, 0.2) is 16.6 Å². The lowest BCUT2D eigenvalue weighted by Crippen LogP contribution is -2.32. The lowest BCUT2D eigenvalue weighted by atomic mass is 10.0. The summed E-state index contributed by atoms with van der Waals surface area (Å²) in [6, 6.07) is 10.8. The van der Waals surface area contributed by atoms with Crippen LogP contribution in [0.25, 0.3) is 16.7 Å². The summed E-state index contributed by atoms with van der Waals surface area (Å²) in [5.74, 6) is -3.60. The van der Waals surface area contributed by atoms with Crippen LogP contribution in [-0.2, 0) is 33.4 Å². The van der Waals surface area contributed by atoms with E-state index in [4.69, 9.17) is 35.8 Å². The number of carboxylic acid groups (broad SMARTS) is 1. The number of ether oxygens (including phenoxy) is 3. The van der Waals surface area contributed by atoms with Gasteiger partial charge in [0, 0.05) is 19.7 Å². The molecule has 0 radical (unpaired) electrons. The van der Waals surface area contributed by atoms with Crippen molar-refractivity contribution < 1.29 is 47.7 Å². The van der Waals surface area contributed by atoms with Gasteiger partial charge in [-0.2, -0.15) is 19.5 Å². The highest BCUT2D eigenvalue weighted by Gasteiger charge is 2.23. The highest BCUT2D eigenvalue weighted by Crippen LogP contribution is 2.25. The van der Waals surface area contributed by atoms with Crippen LogP contribution in [0.3, 0.4) is 0 Å². The Morgan fingerprint density at radius 1 is 1.17 bits per heavy atom. The van der Waals surface area contributed by atoms with Crippen molar-refractivity contribution in [3.05, 3.63) is 97.3 Å². The van der Waals surface area contributed by atoms with E-state index in [1.807, 2.05) is 20.8 Å². The van der Waals surface area contributed by atoms with Crippen molar-refractivity contribution in [2.45, 2.75) is 65.6 Å². The van der Waals surface area contributed by atoms with E-state index < -0.39 is 52.8 Å². The summed E-state index contributed by atoms with van der Waals surface area (Å²) in [6.07, 6.45) is 3.48. The Morgan fingerprint density at radius 3 is 2.31 bits per heavy atom. The van der Waals surface area contributed by atoms with Gasteiger partial charge in [-0.25, -0.2) is 28.3 Å². The molecule has 4 heterocycles. The van der Waals surface area contributed by atoms with Crippen LogP contribution in [0.2, 0.25) is 5.15 Å². The molecule has 0 spiro atoms. The number of aryl methyl sites for hydroxylation is 1. The number of carboxylic acids is 1.